The molecule has 0 N–H and O–H groups in total. The minimum Gasteiger partial charge on any atom is -0.333 e. The van der Waals surface area contributed by atoms with Crippen molar-refractivity contribution in [2.45, 2.75) is 33.2 Å². The Balaban J connectivity index is 2.20. The van der Waals surface area contributed by atoms with Crippen molar-refractivity contribution >= 4 is 17.2 Å². The summed E-state index contributed by atoms with van der Waals surface area (Å²) in [6.07, 6.45) is 0.780. The van der Waals surface area contributed by atoms with Crippen LogP contribution in [-0.4, -0.2) is 16.1 Å². The quantitative estimate of drug-likeness (QED) is 0.808. The standard InChI is InChI=1S/C17H18N2O/c1-4-14-16(19-11(2)9-10-12(19)3)17(20)13-7-5-6-8-15(13)18-14/h5-10,16H,4H2,1-3H3. The fourth-order valence-corrected chi connectivity index (χ4v) is 2.92. The molecule has 0 saturated heterocycles. The second-order valence-corrected chi connectivity index (χ2v) is 5.23. The maximum Gasteiger partial charge on any atom is 0.193 e. The molecule has 3 heteroatoms. The van der Waals surface area contributed by atoms with Gasteiger partial charge in [0.25, 0.3) is 0 Å². The minimum atomic E-state index is -0.287. The third-order valence-corrected chi connectivity index (χ3v) is 3.94. The Bertz CT molecular complexity index is 690. The maximum atomic E-state index is 12.9. The molecule has 0 fully saturated rings. The van der Waals surface area contributed by atoms with Crippen LogP contribution in [0.3, 0.4) is 0 Å². The monoisotopic (exact) mass is 266 g/mol. The summed E-state index contributed by atoms with van der Waals surface area (Å²) in [5, 5.41) is 0. The van der Waals surface area contributed by atoms with Crippen LogP contribution in [0.15, 0.2) is 41.4 Å². The highest BCUT2D eigenvalue weighted by Gasteiger charge is 2.32. The first-order valence-electron chi connectivity index (χ1n) is 6.98. The molecular weight excluding hydrogens is 248 g/mol. The number of benzene rings is 1. The Kier molecular flexibility index (Phi) is 3.05. The van der Waals surface area contributed by atoms with Gasteiger partial charge in [0.05, 0.1) is 5.69 Å². The van der Waals surface area contributed by atoms with E-state index in [2.05, 4.69) is 23.6 Å². The van der Waals surface area contributed by atoms with Crippen LogP contribution in [0.5, 0.6) is 0 Å². The van der Waals surface area contributed by atoms with E-state index in [-0.39, 0.29) is 11.8 Å². The second-order valence-electron chi connectivity index (χ2n) is 5.23. The summed E-state index contributed by atoms with van der Waals surface area (Å²) in [7, 11) is 0. The number of para-hydroxylation sites is 1. The van der Waals surface area contributed by atoms with Gasteiger partial charge >= 0.3 is 0 Å². The number of hydrogen-bond donors (Lipinski definition) is 0. The lowest BCUT2D eigenvalue weighted by Crippen LogP contribution is -2.31. The Morgan fingerprint density at radius 3 is 2.40 bits per heavy atom. The number of aliphatic imine (C=N–C) groups is 1. The normalized spacial score (nSPS) is 17.9. The van der Waals surface area contributed by atoms with Crippen LogP contribution in [0.4, 0.5) is 5.69 Å². The van der Waals surface area contributed by atoms with Crippen molar-refractivity contribution in [1.29, 1.82) is 0 Å². The van der Waals surface area contributed by atoms with Crippen molar-refractivity contribution in [3.63, 3.8) is 0 Å². The molecule has 0 saturated carbocycles. The number of rotatable bonds is 2. The van der Waals surface area contributed by atoms with E-state index in [4.69, 9.17) is 4.99 Å². The topological polar surface area (TPSA) is 34.4 Å². The van der Waals surface area contributed by atoms with E-state index in [1.807, 2.05) is 38.1 Å². The van der Waals surface area contributed by atoms with Crippen molar-refractivity contribution in [2.75, 3.05) is 0 Å². The van der Waals surface area contributed by atoms with Crippen molar-refractivity contribution in [1.82, 2.24) is 4.57 Å². The molecule has 0 spiro atoms. The van der Waals surface area contributed by atoms with E-state index in [9.17, 15) is 4.79 Å². The van der Waals surface area contributed by atoms with Crippen LogP contribution >= 0.6 is 0 Å². The fourth-order valence-electron chi connectivity index (χ4n) is 2.92. The van der Waals surface area contributed by atoms with Gasteiger partial charge in [0.15, 0.2) is 5.78 Å². The van der Waals surface area contributed by atoms with Crippen LogP contribution in [0.2, 0.25) is 0 Å². The molecule has 1 unspecified atom stereocenters. The molecule has 1 aromatic carbocycles. The van der Waals surface area contributed by atoms with Gasteiger partial charge in [-0.1, -0.05) is 19.1 Å². The summed E-state index contributed by atoms with van der Waals surface area (Å²) in [4.78, 5) is 17.6. The Morgan fingerprint density at radius 1 is 1.10 bits per heavy atom. The predicted molar refractivity (Wildman–Crippen MR) is 81.1 cm³/mol. The summed E-state index contributed by atoms with van der Waals surface area (Å²) in [5.41, 5.74) is 4.66. The van der Waals surface area contributed by atoms with Crippen molar-refractivity contribution < 1.29 is 4.79 Å². The van der Waals surface area contributed by atoms with Gasteiger partial charge in [-0.25, -0.2) is 0 Å². The number of carbonyl (C=O) groups excluding carboxylic acids is 1. The number of carbonyl (C=O) groups is 1. The van der Waals surface area contributed by atoms with E-state index in [1.54, 1.807) is 0 Å². The van der Waals surface area contributed by atoms with E-state index in [0.29, 0.717) is 0 Å². The van der Waals surface area contributed by atoms with Crippen LogP contribution in [0.1, 0.15) is 41.1 Å². The summed E-state index contributed by atoms with van der Waals surface area (Å²) in [5.74, 6) is 0.148. The first kappa shape index (κ1) is 12.9. The van der Waals surface area contributed by atoms with Gasteiger partial charge in [-0.3, -0.25) is 9.79 Å². The molecule has 0 amide bonds. The molecule has 0 radical (unpaired) electrons. The van der Waals surface area contributed by atoms with Crippen molar-refractivity contribution in [3.05, 3.63) is 53.3 Å². The maximum absolute atomic E-state index is 12.9. The lowest BCUT2D eigenvalue weighted by atomic mass is 9.93. The van der Waals surface area contributed by atoms with Gasteiger partial charge in [-0.15, -0.1) is 0 Å². The molecular formula is C17H18N2O. The lowest BCUT2D eigenvalue weighted by molar-refractivity contribution is 0.0954. The lowest BCUT2D eigenvalue weighted by Gasteiger charge is -2.27. The molecule has 1 atom stereocenters. The SMILES string of the molecule is CCC1=Nc2ccccc2C(=O)C1n1c(C)ccc1C. The number of nitrogens with zero attached hydrogens (tertiary/aromatic N) is 2. The Labute approximate surface area is 119 Å². The van der Waals surface area contributed by atoms with Crippen LogP contribution < -0.4 is 0 Å². The number of Topliss-reactive ketones (excluding diaryl/α,β-unsaturated/α-hetero) is 1. The third kappa shape index (κ3) is 1.82. The van der Waals surface area contributed by atoms with Crippen molar-refractivity contribution in [2.24, 2.45) is 4.99 Å². The van der Waals surface area contributed by atoms with E-state index < -0.39 is 0 Å². The molecule has 0 bridgehead atoms. The fraction of sp³-hybridized carbons (Fsp3) is 0.294. The molecule has 3 rings (SSSR count). The Hall–Kier alpha value is -2.16. The molecule has 0 aliphatic carbocycles. The molecule has 1 aliphatic heterocycles. The first-order chi connectivity index (χ1) is 9.63. The summed E-state index contributed by atoms with van der Waals surface area (Å²) in [6, 6.07) is 11.4. The highest BCUT2D eigenvalue weighted by molar-refractivity contribution is 6.19. The highest BCUT2D eigenvalue weighted by atomic mass is 16.1. The molecule has 1 aliphatic rings. The predicted octanol–water partition coefficient (Wildman–Crippen LogP) is 4.03. The number of ketones is 1. The zero-order valence-electron chi connectivity index (χ0n) is 12.1. The summed E-state index contributed by atoms with van der Waals surface area (Å²) < 4.78 is 2.10. The number of aryl methyl sites for hydroxylation is 2. The zero-order valence-corrected chi connectivity index (χ0v) is 12.1. The minimum absolute atomic E-state index is 0.148. The zero-order chi connectivity index (χ0) is 14.3. The van der Waals surface area contributed by atoms with Gasteiger partial charge in [-0.2, -0.15) is 0 Å². The summed E-state index contributed by atoms with van der Waals surface area (Å²) in [6.45, 7) is 6.13. The average Bonchev–Trinajstić information content (AvgIpc) is 2.78. The number of aromatic nitrogens is 1. The average molecular weight is 266 g/mol. The molecule has 2 aromatic rings. The van der Waals surface area contributed by atoms with Crippen molar-refractivity contribution in [3.8, 4) is 0 Å². The van der Waals surface area contributed by atoms with Gasteiger partial charge in [0.2, 0.25) is 0 Å². The number of fused-ring (bicyclic) bond motifs is 1. The van der Waals surface area contributed by atoms with Gasteiger partial charge in [0.1, 0.15) is 6.04 Å². The number of hydrogen-bond acceptors (Lipinski definition) is 2. The highest BCUT2D eigenvalue weighted by Crippen LogP contribution is 2.33. The van der Waals surface area contributed by atoms with E-state index >= 15 is 0 Å². The molecule has 1 aromatic heterocycles. The van der Waals surface area contributed by atoms with Gasteiger partial charge < -0.3 is 4.57 Å². The molecule has 3 nitrogen and oxygen atoms in total. The molecule has 2 heterocycles. The second kappa shape index (κ2) is 4.75. The summed E-state index contributed by atoms with van der Waals surface area (Å²) >= 11 is 0. The molecule has 102 valence electrons. The van der Waals surface area contributed by atoms with Crippen LogP contribution in [-0.2, 0) is 0 Å². The van der Waals surface area contributed by atoms with E-state index in [1.165, 1.54) is 0 Å². The van der Waals surface area contributed by atoms with Crippen LogP contribution in [0, 0.1) is 13.8 Å². The van der Waals surface area contributed by atoms with Gasteiger partial charge in [-0.05, 0) is 44.5 Å². The Morgan fingerprint density at radius 2 is 1.75 bits per heavy atom. The molecule has 20 heavy (non-hydrogen) atoms. The smallest absolute Gasteiger partial charge is 0.193 e. The van der Waals surface area contributed by atoms with E-state index in [0.717, 1.165) is 34.8 Å². The largest absolute Gasteiger partial charge is 0.333 e. The van der Waals surface area contributed by atoms with Gasteiger partial charge in [0, 0.05) is 22.7 Å². The first-order valence-corrected chi connectivity index (χ1v) is 6.98. The van der Waals surface area contributed by atoms with Crippen LogP contribution in [0.25, 0.3) is 0 Å². The third-order valence-electron chi connectivity index (χ3n) is 3.94.